The Bertz CT molecular complexity index is 852. The van der Waals surface area contributed by atoms with Crippen LogP contribution in [0.2, 0.25) is 0 Å². The van der Waals surface area contributed by atoms with Crippen LogP contribution < -0.4 is 15.2 Å². The van der Waals surface area contributed by atoms with Crippen molar-refractivity contribution in [2.75, 3.05) is 6.61 Å². The molecule has 1 heterocycles. The Kier molecular flexibility index (Phi) is 4.70. The van der Waals surface area contributed by atoms with E-state index in [1.54, 1.807) is 24.3 Å². The summed E-state index contributed by atoms with van der Waals surface area (Å²) in [7, 11) is 0. The van der Waals surface area contributed by atoms with E-state index in [9.17, 15) is 18.0 Å². The highest BCUT2D eigenvalue weighted by atomic mass is 19.4. The van der Waals surface area contributed by atoms with Crippen LogP contribution in [0.15, 0.2) is 53.7 Å². The van der Waals surface area contributed by atoms with E-state index < -0.39 is 23.8 Å². The van der Waals surface area contributed by atoms with Crippen molar-refractivity contribution in [3.8, 4) is 11.5 Å². The van der Waals surface area contributed by atoms with Crippen molar-refractivity contribution in [2.45, 2.75) is 12.3 Å². The second-order valence-corrected chi connectivity index (χ2v) is 5.34. The molecule has 1 aliphatic rings. The zero-order valence-corrected chi connectivity index (χ0v) is 13.2. The molecule has 0 amide bonds. The molecule has 1 atom stereocenters. The molecule has 0 bridgehead atoms. The third-order valence-electron chi connectivity index (χ3n) is 3.50. The molecule has 26 heavy (non-hydrogen) atoms. The quantitative estimate of drug-likeness (QED) is 0.391. The van der Waals surface area contributed by atoms with Crippen molar-refractivity contribution in [1.29, 1.82) is 0 Å². The van der Waals surface area contributed by atoms with E-state index in [0.717, 1.165) is 12.1 Å². The van der Waals surface area contributed by atoms with Gasteiger partial charge in [-0.3, -0.25) is 0 Å². The summed E-state index contributed by atoms with van der Waals surface area (Å²) in [5.41, 5.74) is 4.45. The highest BCUT2D eigenvalue weighted by molar-refractivity contribution is 5.91. The second kappa shape index (κ2) is 6.95. The molecule has 0 aromatic heterocycles. The van der Waals surface area contributed by atoms with Crippen LogP contribution in [0.4, 0.5) is 13.2 Å². The van der Waals surface area contributed by atoms with Gasteiger partial charge < -0.3 is 20.0 Å². The first kappa shape index (κ1) is 17.6. The normalized spacial score (nSPS) is 16.9. The van der Waals surface area contributed by atoms with Gasteiger partial charge in [-0.2, -0.15) is 13.2 Å². The van der Waals surface area contributed by atoms with Gasteiger partial charge in [0.1, 0.15) is 6.61 Å². The molecule has 0 radical (unpaired) electrons. The smallest absolute Gasteiger partial charge is 0.416 e. The summed E-state index contributed by atoms with van der Waals surface area (Å²) < 4.78 is 49.1. The van der Waals surface area contributed by atoms with Crippen molar-refractivity contribution in [1.82, 2.24) is 0 Å². The lowest BCUT2D eigenvalue weighted by Gasteiger charge is -2.25. The minimum atomic E-state index is -4.57. The molecular weight excluding hydrogens is 353 g/mol. The van der Waals surface area contributed by atoms with Gasteiger partial charge >= 0.3 is 12.1 Å². The lowest BCUT2D eigenvalue weighted by atomic mass is 10.1. The van der Waals surface area contributed by atoms with E-state index in [2.05, 4.69) is 9.99 Å². The number of hydrogen-bond donors (Lipinski definition) is 1. The van der Waals surface area contributed by atoms with Crippen LogP contribution >= 0.6 is 0 Å². The monoisotopic (exact) mass is 366 g/mol. The molecule has 0 saturated heterocycles. The summed E-state index contributed by atoms with van der Waals surface area (Å²) in [6.07, 6.45) is -5.36. The van der Waals surface area contributed by atoms with E-state index in [-0.39, 0.29) is 18.0 Å². The standard InChI is InChI=1S/C17H13F3N2O4/c18-17(19,20)11-5-3-4-10(8-11)16(23)26-22-15(21)14-9-24-12-6-1-2-7-13(12)25-14/h1-8,14H,9H2,(H2,21,22). The number of carbonyl (C=O) groups is 1. The van der Waals surface area contributed by atoms with E-state index in [0.29, 0.717) is 17.6 Å². The number of fused-ring (bicyclic) bond motifs is 1. The highest BCUT2D eigenvalue weighted by Crippen LogP contribution is 2.31. The summed E-state index contributed by atoms with van der Waals surface area (Å²) in [5.74, 6) is -0.264. The first-order chi connectivity index (χ1) is 12.3. The van der Waals surface area contributed by atoms with Gasteiger partial charge in [0.15, 0.2) is 23.4 Å². The summed E-state index contributed by atoms with van der Waals surface area (Å²) in [5, 5.41) is 3.45. The van der Waals surface area contributed by atoms with Crippen LogP contribution in [-0.4, -0.2) is 24.5 Å². The third-order valence-corrected chi connectivity index (χ3v) is 3.50. The maximum Gasteiger partial charge on any atom is 0.416 e. The zero-order chi connectivity index (χ0) is 18.7. The van der Waals surface area contributed by atoms with Gasteiger partial charge in [0, 0.05) is 0 Å². The molecule has 2 aromatic carbocycles. The molecule has 6 nitrogen and oxygen atoms in total. The third kappa shape index (κ3) is 3.88. The van der Waals surface area contributed by atoms with Crippen LogP contribution in [0.3, 0.4) is 0 Å². The van der Waals surface area contributed by atoms with Crippen LogP contribution in [0.25, 0.3) is 0 Å². The number of benzene rings is 2. The Hall–Kier alpha value is -3.23. The van der Waals surface area contributed by atoms with Gasteiger partial charge in [-0.05, 0) is 30.3 Å². The Morgan fingerprint density at radius 2 is 1.88 bits per heavy atom. The topological polar surface area (TPSA) is 83.1 Å². The van der Waals surface area contributed by atoms with E-state index in [1.165, 1.54) is 6.07 Å². The Balaban J connectivity index is 1.67. The second-order valence-electron chi connectivity index (χ2n) is 5.34. The van der Waals surface area contributed by atoms with Gasteiger partial charge in [-0.15, -0.1) is 0 Å². The molecule has 1 aliphatic heterocycles. The van der Waals surface area contributed by atoms with Crippen molar-refractivity contribution in [3.05, 3.63) is 59.7 Å². The fraction of sp³-hybridized carbons (Fsp3) is 0.176. The average Bonchev–Trinajstić information content (AvgIpc) is 2.64. The SMILES string of the molecule is N/C(=N\OC(=O)c1cccc(C(F)(F)F)c1)C1COc2ccccc2O1. The molecule has 0 saturated carbocycles. The van der Waals surface area contributed by atoms with E-state index in [1.807, 2.05) is 0 Å². The number of nitrogens with zero attached hydrogens (tertiary/aromatic N) is 1. The van der Waals surface area contributed by atoms with Gasteiger partial charge in [0.2, 0.25) is 0 Å². The van der Waals surface area contributed by atoms with Crippen LogP contribution in [-0.2, 0) is 11.0 Å². The Morgan fingerprint density at radius 3 is 2.62 bits per heavy atom. The fourth-order valence-electron chi connectivity index (χ4n) is 2.19. The maximum absolute atomic E-state index is 12.7. The number of oxime groups is 1. The van der Waals surface area contributed by atoms with Crippen molar-refractivity contribution in [3.63, 3.8) is 0 Å². The largest absolute Gasteiger partial charge is 0.485 e. The Morgan fingerprint density at radius 1 is 1.15 bits per heavy atom. The van der Waals surface area contributed by atoms with Gasteiger partial charge in [0.05, 0.1) is 11.1 Å². The lowest BCUT2D eigenvalue weighted by molar-refractivity contribution is -0.137. The number of hydrogen-bond acceptors (Lipinski definition) is 5. The zero-order valence-electron chi connectivity index (χ0n) is 13.2. The number of carbonyl (C=O) groups excluding carboxylic acids is 1. The summed E-state index contributed by atoms with van der Waals surface area (Å²) >= 11 is 0. The lowest BCUT2D eigenvalue weighted by Crippen LogP contribution is -2.41. The number of nitrogens with two attached hydrogens (primary N) is 1. The molecule has 0 fully saturated rings. The Labute approximate surface area is 145 Å². The summed E-state index contributed by atoms with van der Waals surface area (Å²) in [6.45, 7) is 0.0491. The average molecular weight is 366 g/mol. The number of alkyl halides is 3. The summed E-state index contributed by atoms with van der Waals surface area (Å²) in [6, 6.07) is 10.7. The number of halogens is 3. The van der Waals surface area contributed by atoms with Crippen molar-refractivity contribution < 1.29 is 32.3 Å². The molecule has 1 unspecified atom stereocenters. The number of ether oxygens (including phenoxy) is 2. The maximum atomic E-state index is 12.7. The van der Waals surface area contributed by atoms with Crippen molar-refractivity contribution in [2.24, 2.45) is 10.9 Å². The van der Waals surface area contributed by atoms with E-state index >= 15 is 0 Å². The van der Waals surface area contributed by atoms with Crippen molar-refractivity contribution >= 4 is 11.8 Å². The fourth-order valence-corrected chi connectivity index (χ4v) is 2.19. The predicted octanol–water partition coefficient (Wildman–Crippen LogP) is 2.97. The molecule has 2 aromatic rings. The highest BCUT2D eigenvalue weighted by Gasteiger charge is 2.31. The van der Waals surface area contributed by atoms with E-state index in [4.69, 9.17) is 15.2 Å². The summed E-state index contributed by atoms with van der Waals surface area (Å²) in [4.78, 5) is 16.5. The molecule has 9 heteroatoms. The molecule has 0 aliphatic carbocycles. The number of rotatable bonds is 3. The molecule has 3 rings (SSSR count). The van der Waals surface area contributed by atoms with Gasteiger partial charge in [0.25, 0.3) is 0 Å². The number of amidine groups is 1. The minimum Gasteiger partial charge on any atom is -0.485 e. The minimum absolute atomic E-state index is 0.0491. The molecule has 136 valence electrons. The van der Waals surface area contributed by atoms with Crippen LogP contribution in [0, 0.1) is 0 Å². The first-order valence-corrected chi connectivity index (χ1v) is 7.45. The first-order valence-electron chi connectivity index (χ1n) is 7.45. The van der Waals surface area contributed by atoms with Crippen LogP contribution in [0.1, 0.15) is 15.9 Å². The molecular formula is C17H13F3N2O4. The molecule has 2 N–H and O–H groups in total. The van der Waals surface area contributed by atoms with Gasteiger partial charge in [-0.25, -0.2) is 4.79 Å². The predicted molar refractivity (Wildman–Crippen MR) is 84.8 cm³/mol. The number of para-hydroxylation sites is 2. The molecule has 0 spiro atoms. The van der Waals surface area contributed by atoms with Crippen LogP contribution in [0.5, 0.6) is 11.5 Å². The van der Waals surface area contributed by atoms with Gasteiger partial charge in [-0.1, -0.05) is 23.4 Å².